The highest BCUT2D eigenvalue weighted by Crippen LogP contribution is 2.38. The van der Waals surface area contributed by atoms with E-state index in [1.54, 1.807) is 11.8 Å². The number of amides is 1. The Balaban J connectivity index is 1.75. The summed E-state index contributed by atoms with van der Waals surface area (Å²) >= 11 is 1.64. The normalized spacial score (nSPS) is 15.1. The van der Waals surface area contributed by atoms with Crippen molar-refractivity contribution in [3.63, 3.8) is 0 Å². The molecule has 4 rings (SSSR count). The van der Waals surface area contributed by atoms with Gasteiger partial charge in [0.15, 0.2) is 0 Å². The zero-order chi connectivity index (χ0) is 24.9. The van der Waals surface area contributed by atoms with Crippen molar-refractivity contribution in [1.29, 1.82) is 0 Å². The zero-order valence-electron chi connectivity index (χ0n) is 21.0. The fourth-order valence-electron chi connectivity index (χ4n) is 4.04. The van der Waals surface area contributed by atoms with Crippen LogP contribution in [0.25, 0.3) is 0 Å². The Kier molecular flexibility index (Phi) is 7.80. The summed E-state index contributed by atoms with van der Waals surface area (Å²) in [5.41, 5.74) is 4.05. The summed E-state index contributed by atoms with van der Waals surface area (Å²) in [6.07, 6.45) is 2.26. The van der Waals surface area contributed by atoms with E-state index in [0.717, 1.165) is 46.9 Å². The predicted octanol–water partition coefficient (Wildman–Crippen LogP) is 6.19. The van der Waals surface area contributed by atoms with Gasteiger partial charge in [-0.05, 0) is 63.4 Å². The van der Waals surface area contributed by atoms with E-state index >= 15 is 0 Å². The molecule has 1 amide bonds. The molecule has 0 radical (unpaired) electrons. The highest BCUT2D eigenvalue weighted by atomic mass is 32.2. The number of carbonyl (C=O) groups is 1. The van der Waals surface area contributed by atoms with Gasteiger partial charge in [0.1, 0.15) is 11.8 Å². The van der Waals surface area contributed by atoms with Crippen LogP contribution < -0.4 is 15.4 Å². The summed E-state index contributed by atoms with van der Waals surface area (Å²) in [5.74, 6) is 2.17. The molecule has 1 aliphatic heterocycles. The molecular weight excluding hydrogens is 458 g/mol. The molecule has 2 aromatic carbocycles. The van der Waals surface area contributed by atoms with Crippen molar-refractivity contribution in [2.75, 3.05) is 16.4 Å². The van der Waals surface area contributed by atoms with E-state index in [4.69, 9.17) is 14.8 Å². The van der Waals surface area contributed by atoms with Crippen LogP contribution in [0, 0.1) is 6.92 Å². The van der Waals surface area contributed by atoms with Gasteiger partial charge in [0.2, 0.25) is 11.1 Å². The Morgan fingerprint density at radius 1 is 1.20 bits per heavy atom. The molecule has 0 saturated carbocycles. The molecule has 1 unspecified atom stereocenters. The van der Waals surface area contributed by atoms with Crippen LogP contribution in [0.3, 0.4) is 0 Å². The van der Waals surface area contributed by atoms with Gasteiger partial charge in [-0.1, -0.05) is 55.4 Å². The lowest BCUT2D eigenvalue weighted by atomic mass is 9.94. The Bertz CT molecular complexity index is 1230. The summed E-state index contributed by atoms with van der Waals surface area (Å²) in [6, 6.07) is 15.2. The molecule has 0 bridgehead atoms. The maximum Gasteiger partial charge on any atom is 0.255 e. The van der Waals surface area contributed by atoms with Crippen LogP contribution >= 0.6 is 11.8 Å². The first-order chi connectivity index (χ1) is 16.9. The van der Waals surface area contributed by atoms with Gasteiger partial charge in [-0.2, -0.15) is 4.98 Å². The lowest BCUT2D eigenvalue weighted by Crippen LogP contribution is -2.31. The standard InChI is InChI=1S/C27H33N5O2S/c1-6-7-15-35-27-30-26-28-19(5)23(25(33)29-22-14-9-8-11-18(22)4)24(32(26)31-27)20-12-10-13-21(16-20)34-17(2)3/h8-14,16-17,24H,6-7,15H2,1-5H3,(H,29,33)(H,28,30,31). The van der Waals surface area contributed by atoms with Gasteiger partial charge in [-0.15, -0.1) is 5.10 Å². The molecule has 2 N–H and O–H groups in total. The first-order valence-corrected chi connectivity index (χ1v) is 13.1. The maximum absolute atomic E-state index is 13.7. The van der Waals surface area contributed by atoms with E-state index in [1.807, 2.05) is 80.9 Å². The number of fused-ring (bicyclic) bond motifs is 1. The lowest BCUT2D eigenvalue weighted by molar-refractivity contribution is -0.113. The molecule has 0 saturated heterocycles. The van der Waals surface area contributed by atoms with Crippen molar-refractivity contribution in [3.8, 4) is 5.75 Å². The fourth-order valence-corrected chi connectivity index (χ4v) is 4.95. The number of aryl methyl sites for hydroxylation is 1. The fraction of sp³-hybridized carbons (Fsp3) is 0.370. The molecule has 7 nitrogen and oxygen atoms in total. The third kappa shape index (κ3) is 5.70. The number of hydrogen-bond acceptors (Lipinski definition) is 6. The number of aromatic nitrogens is 3. The molecular formula is C27H33N5O2S. The molecule has 2 heterocycles. The minimum absolute atomic E-state index is 0.0443. The van der Waals surface area contributed by atoms with Crippen LogP contribution in [0.1, 0.15) is 57.7 Å². The van der Waals surface area contributed by atoms with E-state index in [1.165, 1.54) is 0 Å². The van der Waals surface area contributed by atoms with Gasteiger partial charge in [0, 0.05) is 17.1 Å². The molecule has 0 fully saturated rings. The quantitative estimate of drug-likeness (QED) is 0.274. The Morgan fingerprint density at radius 3 is 2.74 bits per heavy atom. The van der Waals surface area contributed by atoms with Crippen LogP contribution in [0.5, 0.6) is 5.75 Å². The minimum atomic E-state index is -0.445. The summed E-state index contributed by atoms with van der Waals surface area (Å²) in [4.78, 5) is 18.4. The number of nitrogens with zero attached hydrogens (tertiary/aromatic N) is 3. The van der Waals surface area contributed by atoms with Crippen molar-refractivity contribution in [2.45, 2.75) is 64.8 Å². The third-order valence-electron chi connectivity index (χ3n) is 5.75. The van der Waals surface area contributed by atoms with Crippen molar-refractivity contribution < 1.29 is 9.53 Å². The number of allylic oxidation sites excluding steroid dienone is 1. The summed E-state index contributed by atoms with van der Waals surface area (Å²) in [7, 11) is 0. The topological polar surface area (TPSA) is 81.1 Å². The number of rotatable bonds is 9. The molecule has 1 aromatic heterocycles. The number of nitrogens with one attached hydrogen (secondary N) is 2. The first-order valence-electron chi connectivity index (χ1n) is 12.1. The Hall–Kier alpha value is -3.26. The van der Waals surface area contributed by atoms with Crippen LogP contribution in [0.15, 0.2) is 65.0 Å². The molecule has 3 aromatic rings. The minimum Gasteiger partial charge on any atom is -0.491 e. The smallest absolute Gasteiger partial charge is 0.255 e. The predicted molar refractivity (Wildman–Crippen MR) is 142 cm³/mol. The highest BCUT2D eigenvalue weighted by molar-refractivity contribution is 7.99. The number of unbranched alkanes of at least 4 members (excludes halogenated alkanes) is 1. The van der Waals surface area contributed by atoms with Gasteiger partial charge in [0.05, 0.1) is 11.7 Å². The number of thioether (sulfide) groups is 1. The van der Waals surface area contributed by atoms with E-state index in [-0.39, 0.29) is 12.0 Å². The van der Waals surface area contributed by atoms with E-state index in [2.05, 4.69) is 17.6 Å². The molecule has 184 valence electrons. The summed E-state index contributed by atoms with van der Waals surface area (Å²) < 4.78 is 7.78. The van der Waals surface area contributed by atoms with Crippen LogP contribution in [-0.2, 0) is 4.79 Å². The van der Waals surface area contributed by atoms with Crippen molar-refractivity contribution in [2.24, 2.45) is 0 Å². The Labute approximate surface area is 211 Å². The van der Waals surface area contributed by atoms with Gasteiger partial charge in [-0.25, -0.2) is 4.68 Å². The molecule has 0 aliphatic carbocycles. The number of carbonyl (C=O) groups excluding carboxylic acids is 1. The molecule has 1 atom stereocenters. The Morgan fingerprint density at radius 2 is 2.00 bits per heavy atom. The summed E-state index contributed by atoms with van der Waals surface area (Å²) in [6.45, 7) is 10.1. The van der Waals surface area contributed by atoms with Crippen LogP contribution in [0.2, 0.25) is 0 Å². The van der Waals surface area contributed by atoms with Crippen LogP contribution in [-0.4, -0.2) is 32.5 Å². The molecule has 8 heteroatoms. The number of hydrogen-bond donors (Lipinski definition) is 2. The number of anilines is 2. The molecule has 35 heavy (non-hydrogen) atoms. The van der Waals surface area contributed by atoms with Crippen molar-refractivity contribution in [3.05, 3.63) is 70.9 Å². The second-order valence-electron chi connectivity index (χ2n) is 8.94. The lowest BCUT2D eigenvalue weighted by Gasteiger charge is -2.29. The molecule has 0 spiro atoms. The number of benzene rings is 2. The average molecular weight is 492 g/mol. The number of para-hydroxylation sites is 1. The second kappa shape index (κ2) is 11.0. The highest BCUT2D eigenvalue weighted by Gasteiger charge is 2.34. The van der Waals surface area contributed by atoms with Crippen LogP contribution in [0.4, 0.5) is 11.6 Å². The van der Waals surface area contributed by atoms with Gasteiger partial charge >= 0.3 is 0 Å². The third-order valence-corrected chi connectivity index (χ3v) is 6.67. The SMILES string of the molecule is CCCCSc1nc2n(n1)C(c1cccc(OC(C)C)c1)C(C(=O)Nc1ccccc1C)=C(C)N2. The monoisotopic (exact) mass is 491 g/mol. The van der Waals surface area contributed by atoms with Gasteiger partial charge in [-0.3, -0.25) is 4.79 Å². The van der Waals surface area contributed by atoms with Crippen molar-refractivity contribution in [1.82, 2.24) is 14.8 Å². The van der Waals surface area contributed by atoms with E-state index in [9.17, 15) is 4.79 Å². The first kappa shape index (κ1) is 24.9. The maximum atomic E-state index is 13.7. The van der Waals surface area contributed by atoms with Crippen molar-refractivity contribution >= 4 is 29.3 Å². The largest absolute Gasteiger partial charge is 0.491 e. The second-order valence-corrected chi connectivity index (χ2v) is 10.0. The zero-order valence-corrected chi connectivity index (χ0v) is 21.8. The van der Waals surface area contributed by atoms with E-state index < -0.39 is 6.04 Å². The average Bonchev–Trinajstić information content (AvgIpc) is 3.21. The van der Waals surface area contributed by atoms with Gasteiger partial charge < -0.3 is 15.4 Å². The van der Waals surface area contributed by atoms with E-state index in [0.29, 0.717) is 16.7 Å². The number of ether oxygens (including phenoxy) is 1. The summed E-state index contributed by atoms with van der Waals surface area (Å²) in [5, 5.41) is 11.9. The molecule has 1 aliphatic rings. The van der Waals surface area contributed by atoms with Gasteiger partial charge in [0.25, 0.3) is 5.91 Å².